The first-order chi connectivity index (χ1) is 8.80. The Labute approximate surface area is 130 Å². The number of ether oxygens (including phenoxy) is 1. The number of hydrogen-bond donors (Lipinski definition) is 1. The van der Waals surface area contributed by atoms with E-state index in [0.29, 0.717) is 15.9 Å². The molecule has 0 aromatic heterocycles. The lowest BCUT2D eigenvalue weighted by atomic mass is 9.98. The molecule has 1 rings (SSSR count). The molecule has 0 heterocycles. The van der Waals surface area contributed by atoms with Gasteiger partial charge in [-0.15, -0.1) is 0 Å². The Hall–Kier alpha value is -1.01. The predicted molar refractivity (Wildman–Crippen MR) is 83.7 cm³/mol. The second-order valence-corrected chi connectivity index (χ2v) is 6.26. The third-order valence-corrected chi connectivity index (χ3v) is 4.04. The van der Waals surface area contributed by atoms with Crippen molar-refractivity contribution in [1.29, 1.82) is 5.26 Å². The summed E-state index contributed by atoms with van der Waals surface area (Å²) >= 11 is 6.14. The van der Waals surface area contributed by atoms with Crippen LogP contribution in [0.1, 0.15) is 19.4 Å². The van der Waals surface area contributed by atoms with E-state index in [2.05, 4.69) is 12.6 Å². The van der Waals surface area contributed by atoms with Crippen LogP contribution in [-0.2, 0) is 0 Å². The van der Waals surface area contributed by atoms with Crippen molar-refractivity contribution in [2.45, 2.75) is 13.8 Å². The molecule has 0 radical (unpaired) electrons. The molecule has 0 unspecified atom stereocenters. The lowest BCUT2D eigenvalue weighted by Crippen LogP contribution is -2.23. The molecule has 0 N–H and O–H groups in total. The second-order valence-electron chi connectivity index (χ2n) is 4.79. The summed E-state index contributed by atoms with van der Waals surface area (Å²) in [5.74, 6) is 0.813. The maximum Gasteiger partial charge on any atom is 0.313 e. The third kappa shape index (κ3) is 4.24. The first kappa shape index (κ1) is 16.0. The van der Waals surface area contributed by atoms with Gasteiger partial charge in [0.05, 0.1) is 26.7 Å². The maximum absolute atomic E-state index is 11.0. The fourth-order valence-electron chi connectivity index (χ4n) is 1.24. The molecule has 1 aromatic carbocycles. The minimum atomic E-state index is -0.536. The normalized spacial score (nSPS) is 10.9. The van der Waals surface area contributed by atoms with Gasteiger partial charge < -0.3 is 4.74 Å². The molecule has 0 aliphatic carbocycles. The van der Waals surface area contributed by atoms with Crippen LogP contribution in [0, 0.1) is 30.4 Å². The number of nitro benzene ring substituents is 1. The Morgan fingerprint density at radius 3 is 2.68 bits per heavy atom. The number of benzene rings is 1. The topological polar surface area (TPSA) is 76.2 Å². The molecule has 0 bridgehead atoms. The Morgan fingerprint density at radius 1 is 1.58 bits per heavy atom. The summed E-state index contributed by atoms with van der Waals surface area (Å²) in [6, 6.07) is 4.69. The molecule has 19 heavy (non-hydrogen) atoms. The number of halogens is 1. The predicted octanol–water partition coefficient (Wildman–Crippen LogP) is 3.41. The van der Waals surface area contributed by atoms with Crippen LogP contribution in [0.3, 0.4) is 0 Å². The van der Waals surface area contributed by atoms with E-state index in [1.807, 2.05) is 42.5 Å². The van der Waals surface area contributed by atoms with Crippen LogP contribution in [0.15, 0.2) is 12.1 Å². The monoisotopic (exact) mass is 392 g/mol. The lowest BCUT2D eigenvalue weighted by molar-refractivity contribution is -0.386. The summed E-state index contributed by atoms with van der Waals surface area (Å²) in [6.45, 7) is 4.24. The molecule has 102 valence electrons. The Kier molecular flexibility index (Phi) is 5.43. The van der Waals surface area contributed by atoms with Gasteiger partial charge in [-0.3, -0.25) is 10.1 Å². The molecule has 0 saturated heterocycles. The van der Waals surface area contributed by atoms with Gasteiger partial charge >= 0.3 is 5.69 Å². The number of nitro groups is 1. The summed E-state index contributed by atoms with van der Waals surface area (Å²) < 4.78 is 6.13. The van der Waals surface area contributed by atoms with Crippen LogP contribution in [0.2, 0.25) is 0 Å². The molecule has 0 aliphatic heterocycles. The van der Waals surface area contributed by atoms with Gasteiger partial charge in [-0.1, -0.05) is 13.8 Å². The fourth-order valence-corrected chi connectivity index (χ4v) is 2.09. The summed E-state index contributed by atoms with van der Waals surface area (Å²) in [5, 5.41) is 19.9. The zero-order valence-electron chi connectivity index (χ0n) is 10.5. The van der Waals surface area contributed by atoms with Crippen molar-refractivity contribution >= 4 is 40.9 Å². The highest BCUT2D eigenvalue weighted by Crippen LogP contribution is 2.34. The smallest absolute Gasteiger partial charge is 0.313 e. The van der Waals surface area contributed by atoms with E-state index < -0.39 is 4.92 Å². The zero-order valence-corrected chi connectivity index (χ0v) is 13.6. The highest BCUT2D eigenvalue weighted by atomic mass is 127. The van der Waals surface area contributed by atoms with Gasteiger partial charge in [0.1, 0.15) is 0 Å². The lowest BCUT2D eigenvalue weighted by Gasteiger charge is -2.22. The van der Waals surface area contributed by atoms with Crippen molar-refractivity contribution in [3.8, 4) is 11.8 Å². The standard InChI is InChI=1S/C12H13IN2O3S/c1-12(2,7-19)6-18-11-9(13)3-8(5-14)4-10(11)15(16)17/h3-4,19H,6-7H2,1-2H3. The fraction of sp³-hybridized carbons (Fsp3) is 0.417. The molecule has 1 aromatic rings. The van der Waals surface area contributed by atoms with Crippen LogP contribution < -0.4 is 4.74 Å². The minimum absolute atomic E-state index is 0.182. The third-order valence-electron chi connectivity index (χ3n) is 2.39. The number of nitrogens with zero attached hydrogens (tertiary/aromatic N) is 2. The summed E-state index contributed by atoms with van der Waals surface area (Å²) in [5.41, 5.74) is -0.121. The molecule has 0 saturated carbocycles. The highest BCUT2D eigenvalue weighted by molar-refractivity contribution is 14.1. The van der Waals surface area contributed by atoms with Gasteiger partial charge in [0.2, 0.25) is 5.75 Å². The molecule has 5 nitrogen and oxygen atoms in total. The molecule has 0 aliphatic rings. The van der Waals surface area contributed by atoms with Gasteiger partial charge in [-0.25, -0.2) is 0 Å². The molecule has 0 spiro atoms. The second kappa shape index (κ2) is 6.43. The van der Waals surface area contributed by atoms with Crippen LogP contribution in [0.5, 0.6) is 5.75 Å². The van der Waals surface area contributed by atoms with E-state index in [4.69, 9.17) is 10.00 Å². The van der Waals surface area contributed by atoms with Crippen molar-refractivity contribution in [3.05, 3.63) is 31.4 Å². The quantitative estimate of drug-likeness (QED) is 0.361. The molecular weight excluding hydrogens is 379 g/mol. The number of thiol groups is 1. The molecule has 0 fully saturated rings. The van der Waals surface area contributed by atoms with Gasteiger partial charge in [-0.05, 0) is 34.4 Å². The minimum Gasteiger partial charge on any atom is -0.485 e. The largest absolute Gasteiger partial charge is 0.485 e. The van der Waals surface area contributed by atoms with E-state index in [1.54, 1.807) is 6.07 Å². The van der Waals surface area contributed by atoms with E-state index in [-0.39, 0.29) is 22.4 Å². The molecular formula is C12H13IN2O3S. The molecule has 0 atom stereocenters. The van der Waals surface area contributed by atoms with Gasteiger partial charge in [0.15, 0.2) is 0 Å². The van der Waals surface area contributed by atoms with E-state index >= 15 is 0 Å². The SMILES string of the molecule is CC(C)(CS)COc1c(I)cc(C#N)cc1[N+](=O)[O-]. The average molecular weight is 392 g/mol. The summed E-state index contributed by atoms with van der Waals surface area (Å²) in [4.78, 5) is 10.5. The Morgan fingerprint density at radius 2 is 2.21 bits per heavy atom. The van der Waals surface area contributed by atoms with E-state index in [9.17, 15) is 10.1 Å². The van der Waals surface area contributed by atoms with Crippen LogP contribution in [0.4, 0.5) is 5.69 Å². The first-order valence-electron chi connectivity index (χ1n) is 5.42. The van der Waals surface area contributed by atoms with Gasteiger partial charge in [-0.2, -0.15) is 17.9 Å². The van der Waals surface area contributed by atoms with Crippen molar-refractivity contribution in [3.63, 3.8) is 0 Å². The average Bonchev–Trinajstić information content (AvgIpc) is 2.36. The van der Waals surface area contributed by atoms with Crippen molar-refractivity contribution in [1.82, 2.24) is 0 Å². The van der Waals surface area contributed by atoms with Gasteiger partial charge in [0, 0.05) is 11.5 Å². The summed E-state index contributed by atoms with van der Waals surface area (Å²) in [6.07, 6.45) is 0. The maximum atomic E-state index is 11.0. The van der Waals surface area contributed by atoms with Crippen LogP contribution >= 0.6 is 35.2 Å². The van der Waals surface area contributed by atoms with Crippen molar-refractivity contribution in [2.75, 3.05) is 12.4 Å². The van der Waals surface area contributed by atoms with Crippen molar-refractivity contribution in [2.24, 2.45) is 5.41 Å². The first-order valence-corrected chi connectivity index (χ1v) is 7.13. The van der Waals surface area contributed by atoms with Crippen LogP contribution in [0.25, 0.3) is 0 Å². The number of rotatable bonds is 5. The van der Waals surface area contributed by atoms with Crippen molar-refractivity contribution < 1.29 is 9.66 Å². The number of hydrogen-bond acceptors (Lipinski definition) is 5. The van der Waals surface area contributed by atoms with E-state index in [1.165, 1.54) is 6.07 Å². The summed E-state index contributed by atoms with van der Waals surface area (Å²) in [7, 11) is 0. The Bertz CT molecular complexity index is 541. The zero-order chi connectivity index (χ0) is 14.6. The molecule has 7 heteroatoms. The van der Waals surface area contributed by atoms with E-state index in [0.717, 1.165) is 0 Å². The van der Waals surface area contributed by atoms with Gasteiger partial charge in [0.25, 0.3) is 0 Å². The highest BCUT2D eigenvalue weighted by Gasteiger charge is 2.24. The number of nitriles is 1. The van der Waals surface area contributed by atoms with Crippen LogP contribution in [-0.4, -0.2) is 17.3 Å². The Balaban J connectivity index is 3.13. The molecule has 0 amide bonds.